The number of carbonyl (C=O) groups is 1. The number of nitrogens with zero attached hydrogens (tertiary/aromatic N) is 2. The van der Waals surface area contributed by atoms with Crippen molar-refractivity contribution in [2.45, 2.75) is 59.4 Å². The Bertz CT molecular complexity index is 1270. The van der Waals surface area contributed by atoms with Crippen molar-refractivity contribution in [3.8, 4) is 0 Å². The average molecular weight is 454 g/mol. The summed E-state index contributed by atoms with van der Waals surface area (Å²) in [6, 6.07) is 23.3. The van der Waals surface area contributed by atoms with Crippen molar-refractivity contribution >= 4 is 16.9 Å². The third kappa shape index (κ3) is 5.39. The summed E-state index contributed by atoms with van der Waals surface area (Å²) in [5.41, 5.74) is 7.77. The molecule has 1 aromatic heterocycles. The van der Waals surface area contributed by atoms with Crippen molar-refractivity contribution in [1.29, 1.82) is 0 Å². The van der Waals surface area contributed by atoms with Crippen LogP contribution in [0, 0.1) is 13.8 Å². The van der Waals surface area contributed by atoms with Crippen LogP contribution in [-0.2, 0) is 13.0 Å². The lowest BCUT2D eigenvalue weighted by Crippen LogP contribution is -2.25. The van der Waals surface area contributed by atoms with E-state index in [9.17, 15) is 4.79 Å². The van der Waals surface area contributed by atoms with E-state index in [-0.39, 0.29) is 5.91 Å². The van der Waals surface area contributed by atoms with E-state index >= 15 is 0 Å². The molecule has 0 saturated carbocycles. The summed E-state index contributed by atoms with van der Waals surface area (Å²) in [5.74, 6) is 1.64. The number of carbonyl (C=O) groups excluding carboxylic acids is 1. The Kier molecular flexibility index (Phi) is 7.46. The fraction of sp³-hybridized carbons (Fsp3) is 0.333. The van der Waals surface area contributed by atoms with E-state index in [4.69, 9.17) is 4.98 Å². The highest BCUT2D eigenvalue weighted by atomic mass is 16.1. The maximum atomic E-state index is 12.6. The molecule has 1 unspecified atom stereocenters. The Morgan fingerprint density at radius 3 is 2.53 bits per heavy atom. The Morgan fingerprint density at radius 2 is 1.79 bits per heavy atom. The third-order valence-corrected chi connectivity index (χ3v) is 6.72. The number of amides is 1. The van der Waals surface area contributed by atoms with Gasteiger partial charge in [0.1, 0.15) is 5.82 Å². The molecule has 4 heteroatoms. The number of rotatable bonds is 9. The van der Waals surface area contributed by atoms with Gasteiger partial charge in [-0.15, -0.1) is 0 Å². The van der Waals surface area contributed by atoms with Crippen LogP contribution >= 0.6 is 0 Å². The molecule has 1 atom stereocenters. The van der Waals surface area contributed by atoms with Gasteiger partial charge in [0.25, 0.3) is 5.91 Å². The van der Waals surface area contributed by atoms with Crippen LogP contribution in [0.1, 0.15) is 71.0 Å². The van der Waals surface area contributed by atoms with E-state index < -0.39 is 0 Å². The van der Waals surface area contributed by atoms with Crippen molar-refractivity contribution < 1.29 is 4.79 Å². The highest BCUT2D eigenvalue weighted by Crippen LogP contribution is 2.22. The second-order valence-electron chi connectivity index (χ2n) is 9.33. The quantitative estimate of drug-likeness (QED) is 0.291. The Hall–Kier alpha value is -3.40. The molecular formula is C30H35N3O. The minimum Gasteiger partial charge on any atom is -0.352 e. The highest BCUT2D eigenvalue weighted by molar-refractivity contribution is 5.95. The van der Waals surface area contributed by atoms with E-state index in [1.807, 2.05) is 38.1 Å². The van der Waals surface area contributed by atoms with E-state index in [1.54, 1.807) is 0 Å². The fourth-order valence-electron chi connectivity index (χ4n) is 4.47. The molecule has 0 aliphatic rings. The zero-order chi connectivity index (χ0) is 24.1. The van der Waals surface area contributed by atoms with Crippen LogP contribution in [0.4, 0.5) is 0 Å². The Balaban J connectivity index is 1.44. The zero-order valence-corrected chi connectivity index (χ0v) is 20.8. The van der Waals surface area contributed by atoms with Gasteiger partial charge in [-0.25, -0.2) is 4.98 Å². The van der Waals surface area contributed by atoms with E-state index in [2.05, 4.69) is 66.2 Å². The number of aromatic nitrogens is 2. The first-order valence-electron chi connectivity index (χ1n) is 12.3. The molecule has 3 aromatic carbocycles. The smallest absolute Gasteiger partial charge is 0.251 e. The third-order valence-electron chi connectivity index (χ3n) is 6.72. The van der Waals surface area contributed by atoms with Gasteiger partial charge in [0.05, 0.1) is 11.0 Å². The summed E-state index contributed by atoms with van der Waals surface area (Å²) < 4.78 is 2.32. The minimum absolute atomic E-state index is 0.00704. The number of hydrogen-bond donors (Lipinski definition) is 1. The summed E-state index contributed by atoms with van der Waals surface area (Å²) in [7, 11) is 0. The van der Waals surface area contributed by atoms with Crippen LogP contribution in [-0.4, -0.2) is 22.0 Å². The lowest BCUT2D eigenvalue weighted by molar-refractivity contribution is 0.0952. The molecule has 4 aromatic rings. The van der Waals surface area contributed by atoms with Gasteiger partial charge in [-0.05, 0) is 67.5 Å². The highest BCUT2D eigenvalue weighted by Gasteiger charge is 2.13. The van der Waals surface area contributed by atoms with Crippen molar-refractivity contribution in [3.05, 3.63) is 100 Å². The molecule has 1 N–H and O–H groups in total. The zero-order valence-electron chi connectivity index (χ0n) is 20.8. The summed E-state index contributed by atoms with van der Waals surface area (Å²) in [6.07, 6.45) is 2.80. The maximum absolute atomic E-state index is 12.6. The topological polar surface area (TPSA) is 46.9 Å². The minimum atomic E-state index is -0.00704. The van der Waals surface area contributed by atoms with Gasteiger partial charge in [0, 0.05) is 25.1 Å². The first-order chi connectivity index (χ1) is 16.5. The molecule has 0 bridgehead atoms. The largest absolute Gasteiger partial charge is 0.352 e. The number of nitrogens with one attached hydrogen (secondary N) is 1. The van der Waals surface area contributed by atoms with E-state index in [1.165, 1.54) is 16.7 Å². The molecule has 0 spiro atoms. The molecule has 0 fully saturated rings. The van der Waals surface area contributed by atoms with E-state index in [0.717, 1.165) is 53.8 Å². The summed E-state index contributed by atoms with van der Waals surface area (Å²) in [5, 5.41) is 3.08. The molecule has 176 valence electrons. The second kappa shape index (κ2) is 10.7. The molecule has 34 heavy (non-hydrogen) atoms. The average Bonchev–Trinajstić information content (AvgIpc) is 3.18. The van der Waals surface area contributed by atoms with Gasteiger partial charge >= 0.3 is 0 Å². The molecule has 4 rings (SSSR count). The van der Waals surface area contributed by atoms with E-state index in [0.29, 0.717) is 12.5 Å². The standard InChI is InChI=1S/C30H35N3O/c1-5-22(3)25-15-13-24(14-16-25)20-33-28-10-7-6-9-27(28)32-29(33)11-8-18-31-30(34)26-17-12-21(2)19-23(26)4/h6-7,9-10,12-17,19,22H,5,8,11,18,20H2,1-4H3,(H,31,34). The number of para-hydroxylation sites is 2. The van der Waals surface area contributed by atoms with Crippen molar-refractivity contribution in [3.63, 3.8) is 0 Å². The number of imidazole rings is 1. The monoisotopic (exact) mass is 453 g/mol. The lowest BCUT2D eigenvalue weighted by atomic mass is 9.97. The maximum Gasteiger partial charge on any atom is 0.251 e. The van der Waals surface area contributed by atoms with Crippen LogP contribution in [0.25, 0.3) is 11.0 Å². The van der Waals surface area contributed by atoms with Crippen molar-refractivity contribution in [2.24, 2.45) is 0 Å². The summed E-state index contributed by atoms with van der Waals surface area (Å²) in [6.45, 7) is 9.95. The molecule has 0 aliphatic heterocycles. The molecular weight excluding hydrogens is 418 g/mol. The number of aryl methyl sites for hydroxylation is 3. The van der Waals surface area contributed by atoms with Crippen LogP contribution in [0.3, 0.4) is 0 Å². The number of fused-ring (bicyclic) bond motifs is 1. The Labute approximate surface area is 203 Å². The fourth-order valence-corrected chi connectivity index (χ4v) is 4.47. The second-order valence-corrected chi connectivity index (χ2v) is 9.33. The predicted octanol–water partition coefficient (Wildman–Crippen LogP) is 6.58. The lowest BCUT2D eigenvalue weighted by Gasteiger charge is -2.13. The van der Waals surface area contributed by atoms with Crippen LogP contribution < -0.4 is 5.32 Å². The number of benzene rings is 3. The normalized spacial score (nSPS) is 12.1. The Morgan fingerprint density at radius 1 is 1.03 bits per heavy atom. The molecule has 0 aliphatic carbocycles. The van der Waals surface area contributed by atoms with Gasteiger partial charge in [0.15, 0.2) is 0 Å². The predicted molar refractivity (Wildman–Crippen MR) is 141 cm³/mol. The van der Waals surface area contributed by atoms with Crippen molar-refractivity contribution in [2.75, 3.05) is 6.54 Å². The number of hydrogen-bond acceptors (Lipinski definition) is 2. The van der Waals surface area contributed by atoms with Gasteiger partial charge in [-0.1, -0.05) is 67.9 Å². The van der Waals surface area contributed by atoms with Gasteiger partial charge in [0.2, 0.25) is 0 Å². The van der Waals surface area contributed by atoms with Gasteiger partial charge in [-0.3, -0.25) is 4.79 Å². The summed E-state index contributed by atoms with van der Waals surface area (Å²) in [4.78, 5) is 17.5. The van der Waals surface area contributed by atoms with Crippen LogP contribution in [0.15, 0.2) is 66.7 Å². The van der Waals surface area contributed by atoms with Crippen LogP contribution in [0.2, 0.25) is 0 Å². The molecule has 1 amide bonds. The summed E-state index contributed by atoms with van der Waals surface area (Å²) >= 11 is 0. The van der Waals surface area contributed by atoms with Crippen LogP contribution in [0.5, 0.6) is 0 Å². The first-order valence-corrected chi connectivity index (χ1v) is 12.3. The van der Waals surface area contributed by atoms with Crippen molar-refractivity contribution in [1.82, 2.24) is 14.9 Å². The van der Waals surface area contributed by atoms with Gasteiger partial charge < -0.3 is 9.88 Å². The molecule has 0 radical (unpaired) electrons. The SMILES string of the molecule is CCC(C)c1ccc(Cn2c(CCCNC(=O)c3ccc(C)cc3C)nc3ccccc32)cc1. The molecule has 4 nitrogen and oxygen atoms in total. The van der Waals surface area contributed by atoms with Gasteiger partial charge in [-0.2, -0.15) is 0 Å². The first kappa shape index (κ1) is 23.7. The molecule has 1 heterocycles. The molecule has 0 saturated heterocycles.